The predicted octanol–water partition coefficient (Wildman–Crippen LogP) is 4.26. The summed E-state index contributed by atoms with van der Waals surface area (Å²) in [6.07, 6.45) is 9.46. The Morgan fingerprint density at radius 1 is 1.00 bits per heavy atom. The van der Waals surface area contributed by atoms with Gasteiger partial charge >= 0.3 is 0 Å². The van der Waals surface area contributed by atoms with Crippen LogP contribution in [0.1, 0.15) is 65.7 Å². The Kier molecular flexibility index (Phi) is 8.18. The van der Waals surface area contributed by atoms with Crippen LogP contribution >= 0.6 is 11.1 Å². The largest absolute Gasteiger partial charge is 0.176 e. The molecule has 0 unspecified atom stereocenters. The summed E-state index contributed by atoms with van der Waals surface area (Å²) >= 11 is 6.23. The third kappa shape index (κ3) is 5.07. The fourth-order valence-electron chi connectivity index (χ4n) is 1.81. The minimum atomic E-state index is -0.347. The number of hydrogen-bond acceptors (Lipinski definition) is 0. The quantitative estimate of drug-likeness (QED) is 0.424. The van der Waals surface area contributed by atoms with E-state index in [0.717, 1.165) is 0 Å². The van der Waals surface area contributed by atoms with Crippen LogP contribution in [0.15, 0.2) is 0 Å². The molecular weight excluding hydrogens is 196 g/mol. The Labute approximate surface area is 91.0 Å². The van der Waals surface area contributed by atoms with Gasteiger partial charge in [0.25, 0.3) is 0 Å². The minimum absolute atomic E-state index is 0.347. The highest BCUT2D eigenvalue weighted by atomic mass is 35.6. The van der Waals surface area contributed by atoms with Crippen LogP contribution in [0.5, 0.6) is 0 Å². The second-order valence-electron chi connectivity index (χ2n) is 4.19. The molecular formula is C11H25ClSi. The van der Waals surface area contributed by atoms with Crippen LogP contribution in [-0.4, -0.2) is 8.83 Å². The molecule has 0 aromatic rings. The molecule has 0 heterocycles. The summed E-state index contributed by atoms with van der Waals surface area (Å²) in [7, 11) is -0.347. The Hall–Kier alpha value is 0.507. The smallest absolute Gasteiger partial charge is 0.131 e. The molecule has 2 heteroatoms. The predicted molar refractivity (Wildman–Crippen MR) is 66.4 cm³/mol. The monoisotopic (exact) mass is 220 g/mol. The molecule has 0 aliphatic rings. The summed E-state index contributed by atoms with van der Waals surface area (Å²) in [4.78, 5) is 0. The van der Waals surface area contributed by atoms with Crippen molar-refractivity contribution in [1.29, 1.82) is 0 Å². The summed E-state index contributed by atoms with van der Waals surface area (Å²) in [5.74, 6) is 0. The molecule has 0 amide bonds. The Balaban J connectivity index is 3.97. The molecule has 0 spiro atoms. The van der Waals surface area contributed by atoms with E-state index in [-0.39, 0.29) is 8.83 Å². The molecule has 0 bridgehead atoms. The lowest BCUT2D eigenvalue weighted by atomic mass is 9.92. The van der Waals surface area contributed by atoms with E-state index < -0.39 is 0 Å². The van der Waals surface area contributed by atoms with Gasteiger partial charge in [-0.15, -0.1) is 0 Å². The highest BCUT2D eigenvalue weighted by Gasteiger charge is 2.25. The van der Waals surface area contributed by atoms with Crippen molar-refractivity contribution in [2.24, 2.45) is 0 Å². The summed E-state index contributed by atoms with van der Waals surface area (Å²) in [5, 5.41) is 0.591. The summed E-state index contributed by atoms with van der Waals surface area (Å²) in [5.41, 5.74) is 0. The lowest BCUT2D eigenvalue weighted by molar-refractivity contribution is 0.429. The molecule has 0 nitrogen and oxygen atoms in total. The van der Waals surface area contributed by atoms with Gasteiger partial charge in [0.2, 0.25) is 0 Å². The van der Waals surface area contributed by atoms with Gasteiger partial charge in [0, 0.05) is 0 Å². The van der Waals surface area contributed by atoms with Gasteiger partial charge in [0.1, 0.15) is 8.83 Å². The van der Waals surface area contributed by atoms with E-state index in [2.05, 4.69) is 20.8 Å². The van der Waals surface area contributed by atoms with Crippen LogP contribution in [0.2, 0.25) is 5.04 Å². The fourth-order valence-corrected chi connectivity index (χ4v) is 4.14. The van der Waals surface area contributed by atoms with Crippen LogP contribution in [0.3, 0.4) is 0 Å². The fraction of sp³-hybridized carbons (Fsp3) is 1.00. The van der Waals surface area contributed by atoms with E-state index in [0.29, 0.717) is 5.04 Å². The second-order valence-corrected chi connectivity index (χ2v) is 6.76. The van der Waals surface area contributed by atoms with Gasteiger partial charge in [0.15, 0.2) is 0 Å². The van der Waals surface area contributed by atoms with Gasteiger partial charge in [-0.25, -0.2) is 0 Å². The number of unbranched alkanes of at least 4 members (excludes halogenated alkanes) is 2. The van der Waals surface area contributed by atoms with Crippen molar-refractivity contribution in [2.75, 3.05) is 0 Å². The molecule has 0 aliphatic carbocycles. The number of hydrogen-bond donors (Lipinski definition) is 0. The van der Waals surface area contributed by atoms with Crippen molar-refractivity contribution in [3.63, 3.8) is 0 Å². The molecule has 0 saturated heterocycles. The molecule has 0 radical (unpaired) electrons. The SMILES string of the molecule is CCCCC(CC)(CCCC)[SiH2]Cl. The Bertz CT molecular complexity index is 101. The van der Waals surface area contributed by atoms with E-state index in [1.807, 2.05) is 0 Å². The lowest BCUT2D eigenvalue weighted by Crippen LogP contribution is -2.16. The molecule has 0 aliphatic heterocycles. The third-order valence-corrected chi connectivity index (χ3v) is 6.63. The molecule has 80 valence electrons. The highest BCUT2D eigenvalue weighted by molar-refractivity contribution is 6.95. The van der Waals surface area contributed by atoms with Crippen molar-refractivity contribution in [3.05, 3.63) is 0 Å². The van der Waals surface area contributed by atoms with E-state index in [1.165, 1.54) is 44.9 Å². The standard InChI is InChI=1S/C11H25ClSi/c1-4-7-9-11(6-3,13-12)10-8-5-2/h4-10,13H2,1-3H3. The zero-order chi connectivity index (χ0) is 10.2. The minimum Gasteiger partial charge on any atom is -0.176 e. The highest BCUT2D eigenvalue weighted by Crippen LogP contribution is 2.41. The molecule has 0 N–H and O–H groups in total. The van der Waals surface area contributed by atoms with Gasteiger partial charge < -0.3 is 0 Å². The van der Waals surface area contributed by atoms with Gasteiger partial charge in [-0.2, -0.15) is 11.1 Å². The molecule has 0 fully saturated rings. The normalized spacial score (nSPS) is 12.9. The van der Waals surface area contributed by atoms with Gasteiger partial charge in [-0.1, -0.05) is 52.9 Å². The van der Waals surface area contributed by atoms with Crippen molar-refractivity contribution < 1.29 is 0 Å². The summed E-state index contributed by atoms with van der Waals surface area (Å²) < 4.78 is 0. The van der Waals surface area contributed by atoms with Gasteiger partial charge in [0.05, 0.1) is 0 Å². The van der Waals surface area contributed by atoms with Crippen LogP contribution in [0.4, 0.5) is 0 Å². The number of rotatable bonds is 8. The maximum absolute atomic E-state index is 6.23. The molecule has 13 heavy (non-hydrogen) atoms. The maximum atomic E-state index is 6.23. The molecule has 0 aromatic carbocycles. The van der Waals surface area contributed by atoms with E-state index >= 15 is 0 Å². The average molecular weight is 221 g/mol. The maximum Gasteiger partial charge on any atom is 0.131 e. The first kappa shape index (κ1) is 13.5. The number of halogens is 1. The van der Waals surface area contributed by atoms with Gasteiger partial charge in [-0.05, 0) is 17.9 Å². The average Bonchev–Trinajstić information content (AvgIpc) is 2.20. The molecule has 0 atom stereocenters. The van der Waals surface area contributed by atoms with Crippen molar-refractivity contribution in [1.82, 2.24) is 0 Å². The zero-order valence-corrected chi connectivity index (χ0v) is 11.7. The molecule has 0 aromatic heterocycles. The zero-order valence-electron chi connectivity index (χ0n) is 9.53. The van der Waals surface area contributed by atoms with Crippen molar-refractivity contribution >= 4 is 19.9 Å². The lowest BCUT2D eigenvalue weighted by Gasteiger charge is -2.30. The topological polar surface area (TPSA) is 0 Å². The Morgan fingerprint density at radius 2 is 1.46 bits per heavy atom. The first-order chi connectivity index (χ1) is 6.24. The first-order valence-corrected chi connectivity index (χ1v) is 8.65. The summed E-state index contributed by atoms with van der Waals surface area (Å²) in [6, 6.07) is 0. The van der Waals surface area contributed by atoms with Crippen LogP contribution < -0.4 is 0 Å². The first-order valence-electron chi connectivity index (χ1n) is 5.80. The Morgan fingerprint density at radius 3 is 1.69 bits per heavy atom. The van der Waals surface area contributed by atoms with E-state index in [4.69, 9.17) is 11.1 Å². The second kappa shape index (κ2) is 7.87. The van der Waals surface area contributed by atoms with Crippen molar-refractivity contribution in [3.8, 4) is 0 Å². The van der Waals surface area contributed by atoms with Crippen molar-refractivity contribution in [2.45, 2.75) is 70.8 Å². The molecule has 0 saturated carbocycles. The van der Waals surface area contributed by atoms with E-state index in [1.54, 1.807) is 0 Å². The van der Waals surface area contributed by atoms with Gasteiger partial charge in [-0.3, -0.25) is 0 Å². The van der Waals surface area contributed by atoms with E-state index in [9.17, 15) is 0 Å². The molecule has 0 rings (SSSR count). The van der Waals surface area contributed by atoms with Crippen LogP contribution in [0, 0.1) is 0 Å². The van der Waals surface area contributed by atoms with Crippen LogP contribution in [-0.2, 0) is 0 Å². The third-order valence-electron chi connectivity index (χ3n) is 3.15. The van der Waals surface area contributed by atoms with Crippen LogP contribution in [0.25, 0.3) is 0 Å². The summed E-state index contributed by atoms with van der Waals surface area (Å²) in [6.45, 7) is 6.87.